The van der Waals surface area contributed by atoms with Crippen LogP contribution in [0.5, 0.6) is 0 Å². The molecule has 2 aliphatic heterocycles. The highest BCUT2D eigenvalue weighted by Crippen LogP contribution is 2.38. The second-order valence-electron chi connectivity index (χ2n) is 8.65. The summed E-state index contributed by atoms with van der Waals surface area (Å²) in [7, 11) is -1.88. The minimum absolute atomic E-state index is 0.0371. The van der Waals surface area contributed by atoms with Crippen LogP contribution >= 0.6 is 0 Å². The van der Waals surface area contributed by atoms with E-state index < -0.39 is 10.0 Å². The zero-order valence-corrected chi connectivity index (χ0v) is 18.0. The fourth-order valence-electron chi connectivity index (χ4n) is 3.95. The Kier molecular flexibility index (Phi) is 4.10. The number of guanidine groups is 1. The molecule has 0 unspecified atom stereocenters. The minimum Gasteiger partial charge on any atom is -0.309 e. The predicted molar refractivity (Wildman–Crippen MR) is 112 cm³/mol. The first kappa shape index (κ1) is 19.3. The van der Waals surface area contributed by atoms with Crippen molar-refractivity contribution in [2.24, 2.45) is 12.0 Å². The summed E-state index contributed by atoms with van der Waals surface area (Å²) in [5, 5.41) is 4.18. The number of anilines is 1. The highest BCUT2D eigenvalue weighted by atomic mass is 32.2. The lowest BCUT2D eigenvalue weighted by Gasteiger charge is -2.35. The number of fused-ring (bicyclic) bond motifs is 3. The summed E-state index contributed by atoms with van der Waals surface area (Å²) in [5.74, 6) is 0.343. The molecule has 30 heavy (non-hydrogen) atoms. The number of aliphatic imine (C=N–C) groups is 1. The van der Waals surface area contributed by atoms with Gasteiger partial charge in [0, 0.05) is 30.9 Å². The molecule has 1 aliphatic carbocycles. The molecule has 0 bridgehead atoms. The number of nitrogens with zero attached hydrogens (tertiary/aromatic N) is 5. The van der Waals surface area contributed by atoms with E-state index in [4.69, 9.17) is 0 Å². The van der Waals surface area contributed by atoms with Crippen LogP contribution in [-0.2, 0) is 23.6 Å². The Morgan fingerprint density at radius 1 is 1.30 bits per heavy atom. The minimum atomic E-state index is -3.70. The van der Waals surface area contributed by atoms with Crippen LogP contribution in [0.4, 0.5) is 5.69 Å². The smallest absolute Gasteiger partial charge is 0.263 e. The summed E-state index contributed by atoms with van der Waals surface area (Å²) in [6.07, 6.45) is 5.21. The van der Waals surface area contributed by atoms with Crippen molar-refractivity contribution < 1.29 is 13.2 Å². The third-order valence-electron chi connectivity index (χ3n) is 5.79. The molecule has 5 rings (SSSR count). The normalized spacial score (nSPS) is 22.0. The first-order chi connectivity index (χ1) is 14.2. The summed E-state index contributed by atoms with van der Waals surface area (Å²) in [5.41, 5.74) is 1.57. The third-order valence-corrected chi connectivity index (χ3v) is 7.43. The van der Waals surface area contributed by atoms with Gasteiger partial charge in [0.2, 0.25) is 16.0 Å². The van der Waals surface area contributed by atoms with Crippen molar-refractivity contribution >= 4 is 27.6 Å². The van der Waals surface area contributed by atoms with Gasteiger partial charge in [-0.1, -0.05) is 0 Å². The topological polar surface area (TPSA) is 99.9 Å². The molecule has 0 saturated heterocycles. The van der Waals surface area contributed by atoms with Gasteiger partial charge in [0.1, 0.15) is 0 Å². The molecule has 1 N–H and O–H groups in total. The summed E-state index contributed by atoms with van der Waals surface area (Å²) < 4.78 is 30.1. The molecule has 1 saturated carbocycles. The lowest BCUT2D eigenvalue weighted by atomic mass is 10.1. The Morgan fingerprint density at radius 3 is 2.73 bits per heavy atom. The largest absolute Gasteiger partial charge is 0.309 e. The van der Waals surface area contributed by atoms with Gasteiger partial charge in [0.25, 0.3) is 5.91 Å². The lowest BCUT2D eigenvalue weighted by molar-refractivity contribution is 0.0833. The van der Waals surface area contributed by atoms with Gasteiger partial charge in [-0.15, -0.1) is 0 Å². The summed E-state index contributed by atoms with van der Waals surface area (Å²) in [6.45, 7) is 4.85. The van der Waals surface area contributed by atoms with E-state index in [-0.39, 0.29) is 22.4 Å². The van der Waals surface area contributed by atoms with Crippen LogP contribution in [-0.4, -0.2) is 53.1 Å². The number of carbonyl (C=O) groups is 1. The highest BCUT2D eigenvalue weighted by molar-refractivity contribution is 7.89. The molecule has 1 atom stereocenters. The van der Waals surface area contributed by atoms with Crippen molar-refractivity contribution in [2.45, 2.75) is 49.7 Å². The van der Waals surface area contributed by atoms with Crippen LogP contribution in [0.1, 0.15) is 42.6 Å². The maximum atomic E-state index is 13.4. The Labute approximate surface area is 175 Å². The van der Waals surface area contributed by atoms with Crippen LogP contribution in [0, 0.1) is 0 Å². The van der Waals surface area contributed by atoms with Gasteiger partial charge in [0.05, 0.1) is 34.9 Å². The predicted octanol–water partition coefficient (Wildman–Crippen LogP) is 1.47. The number of rotatable bonds is 5. The van der Waals surface area contributed by atoms with Crippen molar-refractivity contribution in [3.63, 3.8) is 0 Å². The van der Waals surface area contributed by atoms with Gasteiger partial charge in [-0.3, -0.25) is 14.4 Å². The molecule has 10 heteroatoms. The SMILES string of the molecule is C[C@H]1CN2C(=N1)N(Cc1cnn(C)c1)C(=O)c1cc(S(=O)(=O)NC3(C)CC3)ccc12. The van der Waals surface area contributed by atoms with Crippen molar-refractivity contribution in [3.05, 3.63) is 41.7 Å². The van der Waals surface area contributed by atoms with Gasteiger partial charge in [-0.05, 0) is 44.9 Å². The van der Waals surface area contributed by atoms with E-state index in [1.54, 1.807) is 27.9 Å². The van der Waals surface area contributed by atoms with Gasteiger partial charge in [-0.25, -0.2) is 18.1 Å². The van der Waals surface area contributed by atoms with Crippen LogP contribution in [0.3, 0.4) is 0 Å². The van der Waals surface area contributed by atoms with E-state index in [1.165, 1.54) is 6.07 Å². The number of amides is 1. The Bertz CT molecular complexity index is 1180. The average molecular weight is 429 g/mol. The van der Waals surface area contributed by atoms with E-state index in [9.17, 15) is 13.2 Å². The Balaban J connectivity index is 1.55. The van der Waals surface area contributed by atoms with E-state index in [0.29, 0.717) is 30.3 Å². The standard InChI is InChI=1S/C20H24N6O3S/c1-13-10-25-17-5-4-15(30(28,29)23-20(2)6-7-20)8-16(17)18(27)26(19(25)22-13)12-14-9-21-24(3)11-14/h4-5,8-9,11,13,23H,6-7,10,12H2,1-3H3/t13-/m0/s1. The molecule has 1 aromatic heterocycles. The second kappa shape index (κ2) is 6.39. The van der Waals surface area contributed by atoms with Crippen molar-refractivity contribution in [1.29, 1.82) is 0 Å². The van der Waals surface area contributed by atoms with Crippen molar-refractivity contribution in [2.75, 3.05) is 11.4 Å². The Morgan fingerprint density at radius 2 is 2.07 bits per heavy atom. The van der Waals surface area contributed by atoms with E-state index >= 15 is 0 Å². The molecule has 1 aromatic carbocycles. The van der Waals surface area contributed by atoms with Gasteiger partial charge in [-0.2, -0.15) is 5.10 Å². The van der Waals surface area contributed by atoms with Gasteiger partial charge < -0.3 is 4.90 Å². The maximum absolute atomic E-state index is 13.4. The molecule has 158 valence electrons. The van der Waals surface area contributed by atoms with Crippen LogP contribution in [0.2, 0.25) is 0 Å². The first-order valence-electron chi connectivity index (χ1n) is 9.98. The van der Waals surface area contributed by atoms with Crippen LogP contribution < -0.4 is 9.62 Å². The fraction of sp³-hybridized carbons (Fsp3) is 0.450. The quantitative estimate of drug-likeness (QED) is 0.777. The van der Waals surface area contributed by atoms with Crippen molar-refractivity contribution in [1.82, 2.24) is 19.4 Å². The second-order valence-corrected chi connectivity index (χ2v) is 10.3. The number of benzene rings is 1. The number of nitrogens with one attached hydrogen (secondary N) is 1. The van der Waals surface area contributed by atoms with Gasteiger partial charge in [0.15, 0.2) is 0 Å². The summed E-state index contributed by atoms with van der Waals surface area (Å²) in [4.78, 5) is 21.8. The fourth-order valence-corrected chi connectivity index (χ4v) is 5.44. The number of aromatic nitrogens is 2. The monoisotopic (exact) mass is 428 g/mol. The van der Waals surface area contributed by atoms with Gasteiger partial charge >= 0.3 is 0 Å². The molecule has 0 radical (unpaired) electrons. The molecular weight excluding hydrogens is 404 g/mol. The first-order valence-corrected chi connectivity index (χ1v) is 11.5. The van der Waals surface area contributed by atoms with Crippen LogP contribution in [0.15, 0.2) is 40.5 Å². The molecule has 1 fully saturated rings. The van der Waals surface area contributed by atoms with E-state index in [2.05, 4.69) is 14.8 Å². The maximum Gasteiger partial charge on any atom is 0.263 e. The van der Waals surface area contributed by atoms with Crippen LogP contribution in [0.25, 0.3) is 0 Å². The summed E-state index contributed by atoms with van der Waals surface area (Å²) >= 11 is 0. The number of aryl methyl sites for hydroxylation is 1. The number of carbonyl (C=O) groups excluding carboxylic acids is 1. The molecule has 3 heterocycles. The number of sulfonamides is 1. The lowest BCUT2D eigenvalue weighted by Crippen LogP contribution is -2.49. The molecule has 1 amide bonds. The van der Waals surface area contributed by atoms with Crippen molar-refractivity contribution in [3.8, 4) is 0 Å². The zero-order valence-electron chi connectivity index (χ0n) is 17.2. The highest BCUT2D eigenvalue weighted by Gasteiger charge is 2.43. The average Bonchev–Trinajstić information content (AvgIpc) is 3.07. The molecule has 3 aliphatic rings. The molecule has 9 nitrogen and oxygen atoms in total. The van der Waals surface area contributed by atoms with E-state index in [1.807, 2.05) is 32.0 Å². The number of hydrogen-bond acceptors (Lipinski definition) is 6. The molecular formula is C20H24N6O3S. The third kappa shape index (κ3) is 3.20. The molecule has 0 spiro atoms. The Hall–Kier alpha value is -2.72. The molecule has 2 aromatic rings. The zero-order chi connectivity index (χ0) is 21.3. The van der Waals surface area contributed by atoms with E-state index in [0.717, 1.165) is 18.4 Å². The number of hydrogen-bond donors (Lipinski definition) is 1. The summed E-state index contributed by atoms with van der Waals surface area (Å²) in [6, 6.07) is 4.81.